The second-order valence-electron chi connectivity index (χ2n) is 4.47. The summed E-state index contributed by atoms with van der Waals surface area (Å²) in [6.45, 7) is 0.822. The molecule has 0 saturated carbocycles. The highest BCUT2D eigenvalue weighted by Crippen LogP contribution is 2.39. The van der Waals surface area contributed by atoms with Crippen molar-refractivity contribution in [3.8, 4) is 22.8 Å². The van der Waals surface area contributed by atoms with Crippen molar-refractivity contribution >= 4 is 15.7 Å². The van der Waals surface area contributed by atoms with Crippen LogP contribution >= 0.6 is 0 Å². The molecule has 3 rings (SSSR count). The van der Waals surface area contributed by atoms with Crippen LogP contribution in [-0.2, 0) is 9.84 Å². The fourth-order valence-electron chi connectivity index (χ4n) is 2.06. The summed E-state index contributed by atoms with van der Waals surface area (Å²) in [5.74, 6) is 1.22. The summed E-state index contributed by atoms with van der Waals surface area (Å²) in [6.07, 6.45) is 1.14. The zero-order chi connectivity index (χ0) is 14.3. The number of H-pyrrole nitrogens is 1. The zero-order valence-corrected chi connectivity index (χ0v) is 11.5. The highest BCUT2D eigenvalue weighted by Gasteiger charge is 2.22. The number of benzene rings is 1. The monoisotopic (exact) mass is 295 g/mol. The third-order valence-corrected chi connectivity index (χ3v) is 4.07. The molecule has 0 radical (unpaired) electrons. The summed E-state index contributed by atoms with van der Waals surface area (Å²) in [7, 11) is -3.43. The molecule has 1 aromatic carbocycles. The number of nitrogen functional groups attached to an aromatic ring is 1. The van der Waals surface area contributed by atoms with Gasteiger partial charge in [-0.1, -0.05) is 0 Å². The standard InChI is InChI=1S/C12H13N3O4S/c1-20(16,17)11-6-10-9(18-2-3-19-10)4-7(11)8-5-12(13)15-14-8/h4-6H,2-3H2,1H3,(H3,13,14,15). The SMILES string of the molecule is CS(=O)(=O)c1cc2c(cc1-c1cc(N)n[nH]1)OCCO2. The predicted molar refractivity (Wildman–Crippen MR) is 72.5 cm³/mol. The Balaban J connectivity index is 2.26. The first-order chi connectivity index (χ1) is 9.45. The molecule has 0 unspecified atom stereocenters. The number of aromatic nitrogens is 2. The first-order valence-corrected chi connectivity index (χ1v) is 7.79. The van der Waals surface area contributed by atoms with Crippen LogP contribution in [0.15, 0.2) is 23.1 Å². The molecule has 8 heteroatoms. The second-order valence-corrected chi connectivity index (χ2v) is 6.45. The van der Waals surface area contributed by atoms with Crippen LogP contribution in [0, 0.1) is 0 Å². The highest BCUT2D eigenvalue weighted by molar-refractivity contribution is 7.90. The Morgan fingerprint density at radius 3 is 2.40 bits per heavy atom. The quantitative estimate of drug-likeness (QED) is 0.850. The van der Waals surface area contributed by atoms with E-state index < -0.39 is 9.84 Å². The third kappa shape index (κ3) is 2.18. The summed E-state index contributed by atoms with van der Waals surface area (Å²) in [4.78, 5) is 0.144. The molecular formula is C12H13N3O4S. The van der Waals surface area contributed by atoms with Gasteiger partial charge < -0.3 is 15.2 Å². The molecule has 3 N–H and O–H groups in total. The summed E-state index contributed by atoms with van der Waals surface area (Å²) < 4.78 is 34.8. The van der Waals surface area contributed by atoms with Gasteiger partial charge in [0.15, 0.2) is 21.3 Å². The van der Waals surface area contributed by atoms with E-state index in [1.807, 2.05) is 0 Å². The Bertz CT molecular complexity index is 767. The third-order valence-electron chi connectivity index (χ3n) is 2.93. The highest BCUT2D eigenvalue weighted by atomic mass is 32.2. The maximum atomic E-state index is 12.0. The number of aromatic amines is 1. The van der Waals surface area contributed by atoms with Gasteiger partial charge in [0.2, 0.25) is 0 Å². The molecule has 0 bridgehead atoms. The van der Waals surface area contributed by atoms with E-state index in [1.54, 1.807) is 12.1 Å². The van der Waals surface area contributed by atoms with Crippen LogP contribution in [-0.4, -0.2) is 38.1 Å². The normalized spacial score (nSPS) is 14.2. The molecule has 0 saturated heterocycles. The number of nitrogens with one attached hydrogen (secondary N) is 1. The largest absolute Gasteiger partial charge is 0.486 e. The molecule has 0 fully saturated rings. The van der Waals surface area contributed by atoms with E-state index in [1.165, 1.54) is 6.07 Å². The average Bonchev–Trinajstić information content (AvgIpc) is 2.83. The number of fused-ring (bicyclic) bond motifs is 1. The number of hydrogen-bond acceptors (Lipinski definition) is 6. The molecule has 2 aromatic rings. The minimum absolute atomic E-state index is 0.144. The molecule has 0 amide bonds. The van der Waals surface area contributed by atoms with Gasteiger partial charge >= 0.3 is 0 Å². The fraction of sp³-hybridized carbons (Fsp3) is 0.250. The van der Waals surface area contributed by atoms with Crippen molar-refractivity contribution in [2.24, 2.45) is 0 Å². The lowest BCUT2D eigenvalue weighted by Crippen LogP contribution is -2.16. The van der Waals surface area contributed by atoms with E-state index in [0.29, 0.717) is 36.0 Å². The van der Waals surface area contributed by atoms with E-state index in [4.69, 9.17) is 15.2 Å². The van der Waals surface area contributed by atoms with Gasteiger partial charge in [0.05, 0.1) is 10.6 Å². The maximum Gasteiger partial charge on any atom is 0.176 e. The van der Waals surface area contributed by atoms with E-state index >= 15 is 0 Å². The van der Waals surface area contributed by atoms with Gasteiger partial charge in [-0.05, 0) is 6.07 Å². The molecule has 1 aliphatic heterocycles. The van der Waals surface area contributed by atoms with E-state index in [-0.39, 0.29) is 10.7 Å². The predicted octanol–water partition coefficient (Wildman–Crippen LogP) is 0.834. The molecule has 2 heterocycles. The number of anilines is 1. The fourth-order valence-corrected chi connectivity index (χ4v) is 2.95. The molecule has 0 atom stereocenters. The topological polar surface area (TPSA) is 107 Å². The van der Waals surface area contributed by atoms with Crippen molar-refractivity contribution < 1.29 is 17.9 Å². The first kappa shape index (κ1) is 12.8. The van der Waals surface area contributed by atoms with Gasteiger partial charge in [0.1, 0.15) is 19.0 Å². The molecule has 1 aliphatic rings. The lowest BCUT2D eigenvalue weighted by atomic mass is 10.1. The van der Waals surface area contributed by atoms with Gasteiger partial charge in [-0.15, -0.1) is 0 Å². The molecule has 0 aliphatic carbocycles. The van der Waals surface area contributed by atoms with Crippen molar-refractivity contribution in [3.05, 3.63) is 18.2 Å². The second kappa shape index (κ2) is 4.41. The summed E-state index contributed by atoms with van der Waals surface area (Å²) in [5.41, 5.74) is 6.54. The lowest BCUT2D eigenvalue weighted by molar-refractivity contribution is 0.171. The number of sulfone groups is 1. The van der Waals surface area contributed by atoms with E-state index in [0.717, 1.165) is 6.26 Å². The average molecular weight is 295 g/mol. The Labute approximate surface area is 115 Å². The van der Waals surface area contributed by atoms with Crippen molar-refractivity contribution in [1.29, 1.82) is 0 Å². The zero-order valence-electron chi connectivity index (χ0n) is 10.7. The van der Waals surface area contributed by atoms with Crippen LogP contribution in [0.25, 0.3) is 11.3 Å². The molecule has 20 heavy (non-hydrogen) atoms. The van der Waals surface area contributed by atoms with Crippen LogP contribution in [0.1, 0.15) is 0 Å². The van der Waals surface area contributed by atoms with Gasteiger partial charge in [-0.3, -0.25) is 5.10 Å². The Morgan fingerprint density at radius 1 is 1.20 bits per heavy atom. The van der Waals surface area contributed by atoms with Gasteiger partial charge in [0, 0.05) is 24.0 Å². The summed E-state index contributed by atoms with van der Waals surface area (Å²) in [5, 5.41) is 6.52. The van der Waals surface area contributed by atoms with Gasteiger partial charge in [-0.2, -0.15) is 5.10 Å². The van der Waals surface area contributed by atoms with E-state index in [2.05, 4.69) is 10.2 Å². The van der Waals surface area contributed by atoms with Crippen LogP contribution < -0.4 is 15.2 Å². The maximum absolute atomic E-state index is 12.0. The minimum atomic E-state index is -3.43. The summed E-state index contributed by atoms with van der Waals surface area (Å²) >= 11 is 0. The Morgan fingerprint density at radius 2 is 1.85 bits per heavy atom. The number of nitrogens with zero attached hydrogens (tertiary/aromatic N) is 1. The van der Waals surface area contributed by atoms with Crippen LogP contribution in [0.5, 0.6) is 11.5 Å². The minimum Gasteiger partial charge on any atom is -0.486 e. The van der Waals surface area contributed by atoms with Crippen LogP contribution in [0.3, 0.4) is 0 Å². The number of ether oxygens (including phenoxy) is 2. The number of hydrogen-bond donors (Lipinski definition) is 2. The molecule has 1 aromatic heterocycles. The summed E-state index contributed by atoms with van der Waals surface area (Å²) in [6, 6.07) is 4.66. The van der Waals surface area contributed by atoms with Gasteiger partial charge in [0.25, 0.3) is 0 Å². The smallest absolute Gasteiger partial charge is 0.176 e. The molecule has 106 valence electrons. The van der Waals surface area contributed by atoms with Crippen molar-refractivity contribution in [2.45, 2.75) is 4.90 Å². The van der Waals surface area contributed by atoms with Gasteiger partial charge in [-0.25, -0.2) is 8.42 Å². The van der Waals surface area contributed by atoms with Crippen LogP contribution in [0.4, 0.5) is 5.82 Å². The van der Waals surface area contributed by atoms with Crippen LogP contribution in [0.2, 0.25) is 0 Å². The Kier molecular flexibility index (Phi) is 2.82. The van der Waals surface area contributed by atoms with Crippen molar-refractivity contribution in [1.82, 2.24) is 10.2 Å². The van der Waals surface area contributed by atoms with Crippen molar-refractivity contribution in [3.63, 3.8) is 0 Å². The molecule has 0 spiro atoms. The molecular weight excluding hydrogens is 282 g/mol. The van der Waals surface area contributed by atoms with E-state index in [9.17, 15) is 8.42 Å². The Hall–Kier alpha value is -2.22. The molecule has 7 nitrogen and oxygen atoms in total. The number of nitrogens with two attached hydrogens (primary N) is 1. The lowest BCUT2D eigenvalue weighted by Gasteiger charge is -2.20. The van der Waals surface area contributed by atoms with Crippen molar-refractivity contribution in [2.75, 3.05) is 25.2 Å². The first-order valence-electron chi connectivity index (χ1n) is 5.90. The number of rotatable bonds is 2.